The number of nitrogens with one attached hydrogen (secondary N) is 1. The van der Waals surface area contributed by atoms with Crippen molar-refractivity contribution in [2.75, 3.05) is 13.7 Å². The van der Waals surface area contributed by atoms with E-state index >= 15 is 0 Å². The molecular formula is C15H22N2O3. The molecule has 0 spiro atoms. The summed E-state index contributed by atoms with van der Waals surface area (Å²) in [6.07, 6.45) is 0.208. The molecular weight excluding hydrogens is 256 g/mol. The van der Waals surface area contributed by atoms with Crippen LogP contribution in [0.1, 0.15) is 30.6 Å². The zero-order valence-corrected chi connectivity index (χ0v) is 12.2. The predicted octanol–water partition coefficient (Wildman–Crippen LogP) is 1.03. The molecule has 0 aliphatic rings. The summed E-state index contributed by atoms with van der Waals surface area (Å²) >= 11 is 0. The van der Waals surface area contributed by atoms with E-state index in [-0.39, 0.29) is 36.9 Å². The Kier molecular flexibility index (Phi) is 6.18. The monoisotopic (exact) mass is 278 g/mol. The summed E-state index contributed by atoms with van der Waals surface area (Å²) in [5, 5.41) is 11.8. The zero-order chi connectivity index (χ0) is 15.1. The van der Waals surface area contributed by atoms with Crippen LogP contribution in [-0.2, 0) is 4.79 Å². The van der Waals surface area contributed by atoms with Gasteiger partial charge in [-0.15, -0.1) is 0 Å². The molecule has 5 nitrogen and oxygen atoms in total. The number of likely N-dealkylation sites (N-methyl/N-ethyl adjacent to an activating group) is 1. The quantitative estimate of drug-likeness (QED) is 0.816. The van der Waals surface area contributed by atoms with Gasteiger partial charge in [0.1, 0.15) is 0 Å². The number of aliphatic hydroxyl groups excluding tert-OH is 1. The Morgan fingerprint density at radius 3 is 2.40 bits per heavy atom. The van der Waals surface area contributed by atoms with Crippen molar-refractivity contribution < 1.29 is 14.7 Å². The number of benzene rings is 1. The molecule has 0 heterocycles. The highest BCUT2D eigenvalue weighted by molar-refractivity contribution is 5.94. The lowest BCUT2D eigenvalue weighted by Crippen LogP contribution is -2.42. The Labute approximate surface area is 119 Å². The molecule has 1 rings (SSSR count). The first-order valence-corrected chi connectivity index (χ1v) is 6.68. The maximum Gasteiger partial charge on any atom is 0.251 e. The van der Waals surface area contributed by atoms with E-state index < -0.39 is 0 Å². The second-order valence-electron chi connectivity index (χ2n) is 4.98. The Balaban J connectivity index is 2.49. The van der Waals surface area contributed by atoms with Gasteiger partial charge in [0.25, 0.3) is 5.91 Å². The van der Waals surface area contributed by atoms with Crippen LogP contribution in [-0.4, -0.2) is 47.6 Å². The second kappa shape index (κ2) is 7.65. The largest absolute Gasteiger partial charge is 0.394 e. The first kappa shape index (κ1) is 16.2. The molecule has 0 aromatic heterocycles. The number of rotatable bonds is 6. The number of aliphatic hydroxyl groups is 1. The molecule has 2 atom stereocenters. The summed E-state index contributed by atoms with van der Waals surface area (Å²) < 4.78 is 0. The molecule has 110 valence electrons. The van der Waals surface area contributed by atoms with Crippen LogP contribution in [0.3, 0.4) is 0 Å². The van der Waals surface area contributed by atoms with Crippen LogP contribution in [0.25, 0.3) is 0 Å². The van der Waals surface area contributed by atoms with Crippen LogP contribution in [0, 0.1) is 0 Å². The zero-order valence-electron chi connectivity index (χ0n) is 12.2. The van der Waals surface area contributed by atoms with Crippen LogP contribution in [0.5, 0.6) is 0 Å². The maximum absolute atomic E-state index is 11.9. The third-order valence-corrected chi connectivity index (χ3v) is 3.21. The number of carbonyl (C=O) groups excluding carboxylic acids is 2. The molecule has 1 aromatic rings. The fourth-order valence-corrected chi connectivity index (χ4v) is 1.72. The van der Waals surface area contributed by atoms with Crippen LogP contribution in [0.15, 0.2) is 30.3 Å². The lowest BCUT2D eigenvalue weighted by molar-refractivity contribution is -0.132. The fourth-order valence-electron chi connectivity index (χ4n) is 1.72. The average Bonchev–Trinajstić information content (AvgIpc) is 2.46. The number of carbonyl (C=O) groups is 2. The minimum absolute atomic E-state index is 0.0764. The van der Waals surface area contributed by atoms with E-state index in [4.69, 9.17) is 5.11 Å². The molecule has 0 bridgehead atoms. The van der Waals surface area contributed by atoms with Crippen molar-refractivity contribution in [3.8, 4) is 0 Å². The van der Waals surface area contributed by atoms with E-state index in [1.165, 1.54) is 4.90 Å². The summed E-state index contributed by atoms with van der Waals surface area (Å²) in [7, 11) is 1.65. The van der Waals surface area contributed by atoms with Gasteiger partial charge in [0, 0.05) is 25.1 Å². The van der Waals surface area contributed by atoms with E-state index in [0.717, 1.165) is 0 Å². The smallest absolute Gasteiger partial charge is 0.251 e. The van der Waals surface area contributed by atoms with E-state index in [2.05, 4.69) is 5.32 Å². The van der Waals surface area contributed by atoms with Crippen molar-refractivity contribution in [3.05, 3.63) is 35.9 Å². The van der Waals surface area contributed by atoms with E-state index in [1.807, 2.05) is 6.07 Å². The molecule has 0 fully saturated rings. The topological polar surface area (TPSA) is 69.6 Å². The van der Waals surface area contributed by atoms with Crippen molar-refractivity contribution in [2.45, 2.75) is 32.4 Å². The third-order valence-electron chi connectivity index (χ3n) is 3.21. The Morgan fingerprint density at radius 1 is 1.25 bits per heavy atom. The standard InChI is InChI=1S/C15H22N2O3/c1-11(9-14(19)17(3)12(2)10-18)16-15(20)13-7-5-4-6-8-13/h4-8,11-12,18H,9-10H2,1-3H3,(H,16,20). The molecule has 2 unspecified atom stereocenters. The molecule has 0 aliphatic heterocycles. The summed E-state index contributed by atoms with van der Waals surface area (Å²) in [5.74, 6) is -0.295. The number of amides is 2. The average molecular weight is 278 g/mol. The van der Waals surface area contributed by atoms with Gasteiger partial charge in [0.05, 0.1) is 12.6 Å². The Bertz CT molecular complexity index is 448. The summed E-state index contributed by atoms with van der Waals surface area (Å²) in [6, 6.07) is 8.40. The van der Waals surface area contributed by atoms with Gasteiger partial charge < -0.3 is 15.3 Å². The summed E-state index contributed by atoms with van der Waals surface area (Å²) in [5.41, 5.74) is 0.573. The van der Waals surface area contributed by atoms with E-state index in [9.17, 15) is 9.59 Å². The van der Waals surface area contributed by atoms with Gasteiger partial charge in [0.2, 0.25) is 5.91 Å². The van der Waals surface area contributed by atoms with Gasteiger partial charge in [-0.25, -0.2) is 0 Å². The van der Waals surface area contributed by atoms with Crippen LogP contribution >= 0.6 is 0 Å². The van der Waals surface area contributed by atoms with E-state index in [1.54, 1.807) is 45.2 Å². The first-order chi connectivity index (χ1) is 9.45. The summed E-state index contributed by atoms with van der Waals surface area (Å²) in [6.45, 7) is 3.48. The van der Waals surface area contributed by atoms with Crippen LogP contribution < -0.4 is 5.32 Å². The predicted molar refractivity (Wildman–Crippen MR) is 77.3 cm³/mol. The molecule has 20 heavy (non-hydrogen) atoms. The summed E-state index contributed by atoms with van der Waals surface area (Å²) in [4.78, 5) is 25.3. The molecule has 5 heteroatoms. The van der Waals surface area contributed by atoms with Crippen molar-refractivity contribution in [3.63, 3.8) is 0 Å². The molecule has 0 saturated carbocycles. The number of hydrogen-bond acceptors (Lipinski definition) is 3. The van der Waals surface area contributed by atoms with Crippen molar-refractivity contribution in [1.29, 1.82) is 0 Å². The number of nitrogens with zero attached hydrogens (tertiary/aromatic N) is 1. The maximum atomic E-state index is 11.9. The first-order valence-electron chi connectivity index (χ1n) is 6.68. The molecule has 0 saturated heterocycles. The molecule has 1 aromatic carbocycles. The minimum atomic E-state index is -0.261. The van der Waals surface area contributed by atoms with Crippen LogP contribution in [0.2, 0.25) is 0 Å². The third kappa shape index (κ3) is 4.66. The van der Waals surface area contributed by atoms with E-state index in [0.29, 0.717) is 5.56 Å². The lowest BCUT2D eigenvalue weighted by atomic mass is 10.1. The van der Waals surface area contributed by atoms with Crippen molar-refractivity contribution in [2.24, 2.45) is 0 Å². The van der Waals surface area contributed by atoms with Crippen molar-refractivity contribution in [1.82, 2.24) is 10.2 Å². The highest BCUT2D eigenvalue weighted by Crippen LogP contribution is 2.03. The second-order valence-corrected chi connectivity index (χ2v) is 4.98. The minimum Gasteiger partial charge on any atom is -0.394 e. The molecule has 0 aliphatic carbocycles. The van der Waals surface area contributed by atoms with Gasteiger partial charge in [-0.3, -0.25) is 9.59 Å². The highest BCUT2D eigenvalue weighted by Gasteiger charge is 2.18. The lowest BCUT2D eigenvalue weighted by Gasteiger charge is -2.25. The SMILES string of the molecule is CC(CC(=O)N(C)C(C)CO)NC(=O)c1ccccc1. The van der Waals surface area contributed by atoms with Crippen LogP contribution in [0.4, 0.5) is 0 Å². The van der Waals surface area contributed by atoms with Gasteiger partial charge in [0.15, 0.2) is 0 Å². The van der Waals surface area contributed by atoms with Gasteiger partial charge in [-0.2, -0.15) is 0 Å². The van der Waals surface area contributed by atoms with Crippen molar-refractivity contribution >= 4 is 11.8 Å². The normalized spacial score (nSPS) is 13.4. The Morgan fingerprint density at radius 2 is 1.85 bits per heavy atom. The number of hydrogen-bond donors (Lipinski definition) is 2. The van der Waals surface area contributed by atoms with Gasteiger partial charge in [-0.1, -0.05) is 18.2 Å². The highest BCUT2D eigenvalue weighted by atomic mass is 16.3. The fraction of sp³-hybridized carbons (Fsp3) is 0.467. The Hall–Kier alpha value is -1.88. The molecule has 2 amide bonds. The van der Waals surface area contributed by atoms with Gasteiger partial charge >= 0.3 is 0 Å². The van der Waals surface area contributed by atoms with Gasteiger partial charge in [-0.05, 0) is 26.0 Å². The molecule has 0 radical (unpaired) electrons. The molecule has 2 N–H and O–H groups in total.